The van der Waals surface area contributed by atoms with Gasteiger partial charge in [-0.25, -0.2) is 14.8 Å². The molecule has 200 valence electrons. The minimum atomic E-state index is -0.179. The number of carbonyl (C=O) groups excluding carboxylic acids is 1. The third-order valence-corrected chi connectivity index (χ3v) is 8.21. The van der Waals surface area contributed by atoms with Gasteiger partial charge in [-0.3, -0.25) is 9.88 Å². The zero-order valence-corrected chi connectivity index (χ0v) is 22.6. The van der Waals surface area contributed by atoms with E-state index in [1.165, 1.54) is 0 Å². The van der Waals surface area contributed by atoms with E-state index in [1.54, 1.807) is 19.5 Å². The fraction of sp³-hybridized carbons (Fsp3) is 0.467. The topological polar surface area (TPSA) is 92.3 Å². The number of ether oxygens (including phenoxy) is 1. The Morgan fingerprint density at radius 3 is 2.53 bits per heavy atom. The number of nitrogens with one attached hydrogen (secondary N) is 2. The molecular weight excluding hydrogens is 476 g/mol. The standard InChI is InChI=1S/C30H38N6O2/c1-4-20(5-2)27-17-28(35-29(34-27)21-10-13-31-14-11-21)26-19-36-15-12-22(26)16-24(36)18-32-30(37)33-23-6-8-25(38-3)9-7-23/h6-11,13-14,17,20,22,24,26H,4-5,12,15-16,18-19H2,1-3H3,(H2,32,33,37)/t22-,24+,26-/m0/s1. The first-order chi connectivity index (χ1) is 18.6. The molecule has 2 bridgehead atoms. The fourth-order valence-corrected chi connectivity index (χ4v) is 5.97. The highest BCUT2D eigenvalue weighted by molar-refractivity contribution is 5.89. The molecule has 8 heteroatoms. The van der Waals surface area contributed by atoms with Gasteiger partial charge in [0, 0.05) is 66.0 Å². The van der Waals surface area contributed by atoms with Crippen molar-refractivity contribution in [3.63, 3.8) is 0 Å². The molecule has 0 spiro atoms. The molecule has 0 saturated carbocycles. The normalized spacial score (nSPS) is 22.3. The van der Waals surface area contributed by atoms with Crippen molar-refractivity contribution >= 4 is 11.7 Å². The van der Waals surface area contributed by atoms with Crippen LogP contribution in [0.2, 0.25) is 0 Å². The first kappa shape index (κ1) is 26.1. The maximum atomic E-state index is 12.5. The molecule has 0 radical (unpaired) electrons. The number of pyridine rings is 1. The third kappa shape index (κ3) is 5.80. The van der Waals surface area contributed by atoms with E-state index in [1.807, 2.05) is 36.4 Å². The molecule has 2 aromatic heterocycles. The molecule has 3 saturated heterocycles. The lowest BCUT2D eigenvalue weighted by atomic mass is 9.74. The van der Waals surface area contributed by atoms with Crippen molar-refractivity contribution in [3.05, 3.63) is 66.2 Å². The highest BCUT2D eigenvalue weighted by Gasteiger charge is 2.41. The summed E-state index contributed by atoms with van der Waals surface area (Å²) in [7, 11) is 1.63. The van der Waals surface area contributed by atoms with Gasteiger partial charge in [0.15, 0.2) is 5.82 Å². The van der Waals surface area contributed by atoms with E-state index < -0.39 is 0 Å². The van der Waals surface area contributed by atoms with E-state index in [4.69, 9.17) is 14.7 Å². The zero-order valence-electron chi connectivity index (χ0n) is 22.6. The lowest BCUT2D eigenvalue weighted by Crippen LogP contribution is -2.56. The molecule has 1 aromatic carbocycles. The number of anilines is 1. The van der Waals surface area contributed by atoms with E-state index in [0.29, 0.717) is 30.3 Å². The Balaban J connectivity index is 1.27. The number of carbonyl (C=O) groups is 1. The average Bonchev–Trinajstić information content (AvgIpc) is 2.98. The Kier molecular flexibility index (Phi) is 8.17. The Labute approximate surface area is 225 Å². The summed E-state index contributed by atoms with van der Waals surface area (Å²) in [6.45, 7) is 7.13. The fourth-order valence-electron chi connectivity index (χ4n) is 5.97. The molecule has 2 N–H and O–H groups in total. The van der Waals surface area contributed by atoms with Crippen molar-refractivity contribution in [2.75, 3.05) is 32.1 Å². The zero-order chi connectivity index (χ0) is 26.5. The molecular formula is C30H38N6O2. The smallest absolute Gasteiger partial charge is 0.319 e. The number of aromatic nitrogens is 3. The molecule has 3 aliphatic heterocycles. The molecule has 38 heavy (non-hydrogen) atoms. The van der Waals surface area contributed by atoms with Gasteiger partial charge in [0.1, 0.15) is 5.75 Å². The van der Waals surface area contributed by atoms with Crippen LogP contribution in [0.5, 0.6) is 5.75 Å². The van der Waals surface area contributed by atoms with Gasteiger partial charge in [0.2, 0.25) is 0 Å². The van der Waals surface area contributed by atoms with Crippen LogP contribution in [-0.4, -0.2) is 58.7 Å². The van der Waals surface area contributed by atoms with Crippen LogP contribution in [0.4, 0.5) is 10.5 Å². The van der Waals surface area contributed by atoms with Gasteiger partial charge in [-0.2, -0.15) is 0 Å². The number of hydrogen-bond acceptors (Lipinski definition) is 6. The summed E-state index contributed by atoms with van der Waals surface area (Å²) in [5.41, 5.74) is 4.07. The van der Waals surface area contributed by atoms with Gasteiger partial charge >= 0.3 is 6.03 Å². The number of urea groups is 1. The Morgan fingerprint density at radius 2 is 1.87 bits per heavy atom. The lowest BCUT2D eigenvalue weighted by molar-refractivity contribution is 0.0307. The monoisotopic (exact) mass is 514 g/mol. The largest absolute Gasteiger partial charge is 0.497 e. The van der Waals surface area contributed by atoms with Crippen LogP contribution in [0.3, 0.4) is 0 Å². The van der Waals surface area contributed by atoms with E-state index in [2.05, 4.69) is 40.4 Å². The first-order valence-corrected chi connectivity index (χ1v) is 13.8. The van der Waals surface area contributed by atoms with E-state index in [-0.39, 0.29) is 6.03 Å². The number of methoxy groups -OCH3 is 1. The Morgan fingerprint density at radius 1 is 1.11 bits per heavy atom. The van der Waals surface area contributed by atoms with Crippen LogP contribution >= 0.6 is 0 Å². The van der Waals surface area contributed by atoms with Crippen LogP contribution in [0, 0.1) is 5.92 Å². The second kappa shape index (κ2) is 11.9. The van der Waals surface area contributed by atoms with Crippen LogP contribution in [0.25, 0.3) is 11.4 Å². The summed E-state index contributed by atoms with van der Waals surface area (Å²) in [5, 5.41) is 6.00. The Bertz CT molecular complexity index is 1220. The van der Waals surface area contributed by atoms with E-state index in [0.717, 1.165) is 73.0 Å². The average molecular weight is 515 g/mol. The number of hydrogen-bond donors (Lipinski definition) is 2. The highest BCUT2D eigenvalue weighted by atomic mass is 16.5. The van der Waals surface area contributed by atoms with E-state index in [9.17, 15) is 4.79 Å². The SMILES string of the molecule is CCC(CC)c1cc([C@H]2CN3CC[C@H]2C[C@@H]3CNC(=O)Nc2ccc(OC)cc2)nc(-c2ccncc2)n1. The highest BCUT2D eigenvalue weighted by Crippen LogP contribution is 2.42. The first-order valence-electron chi connectivity index (χ1n) is 13.8. The van der Waals surface area contributed by atoms with Crippen molar-refractivity contribution in [3.8, 4) is 17.1 Å². The van der Waals surface area contributed by atoms with Gasteiger partial charge < -0.3 is 15.4 Å². The molecule has 8 nitrogen and oxygen atoms in total. The molecule has 0 aliphatic carbocycles. The number of fused-ring (bicyclic) bond motifs is 3. The molecule has 2 amide bonds. The second-order valence-corrected chi connectivity index (χ2v) is 10.4. The van der Waals surface area contributed by atoms with Crippen molar-refractivity contribution in [1.29, 1.82) is 0 Å². The van der Waals surface area contributed by atoms with Gasteiger partial charge in [-0.15, -0.1) is 0 Å². The van der Waals surface area contributed by atoms with Crippen molar-refractivity contribution in [1.82, 2.24) is 25.2 Å². The molecule has 4 atom stereocenters. The van der Waals surface area contributed by atoms with Crippen molar-refractivity contribution in [2.24, 2.45) is 5.92 Å². The maximum absolute atomic E-state index is 12.5. The van der Waals surface area contributed by atoms with Crippen LogP contribution in [-0.2, 0) is 0 Å². The number of rotatable bonds is 9. The predicted octanol–water partition coefficient (Wildman–Crippen LogP) is 5.45. The van der Waals surface area contributed by atoms with Crippen molar-refractivity contribution < 1.29 is 9.53 Å². The summed E-state index contributed by atoms with van der Waals surface area (Å²) in [6, 6.07) is 13.8. The van der Waals surface area contributed by atoms with Crippen LogP contribution in [0.15, 0.2) is 54.9 Å². The molecule has 3 aromatic rings. The molecule has 1 unspecified atom stereocenters. The predicted molar refractivity (Wildman–Crippen MR) is 149 cm³/mol. The molecule has 3 fully saturated rings. The van der Waals surface area contributed by atoms with Crippen LogP contribution < -0.4 is 15.4 Å². The quantitative estimate of drug-likeness (QED) is 0.395. The van der Waals surface area contributed by atoms with E-state index >= 15 is 0 Å². The minimum Gasteiger partial charge on any atom is -0.497 e. The van der Waals surface area contributed by atoms with Gasteiger partial charge in [-0.1, -0.05) is 13.8 Å². The Hall–Kier alpha value is -3.52. The molecule has 6 rings (SSSR count). The summed E-state index contributed by atoms with van der Waals surface area (Å²) in [6.07, 6.45) is 7.96. The molecule has 3 aliphatic rings. The lowest BCUT2D eigenvalue weighted by Gasteiger charge is -2.49. The number of amides is 2. The van der Waals surface area contributed by atoms with Gasteiger partial charge in [0.25, 0.3) is 0 Å². The third-order valence-electron chi connectivity index (χ3n) is 8.21. The summed E-state index contributed by atoms with van der Waals surface area (Å²) in [5.74, 6) is 2.92. The maximum Gasteiger partial charge on any atom is 0.319 e. The second-order valence-electron chi connectivity index (χ2n) is 10.4. The summed E-state index contributed by atoms with van der Waals surface area (Å²) < 4.78 is 5.18. The minimum absolute atomic E-state index is 0.179. The summed E-state index contributed by atoms with van der Waals surface area (Å²) >= 11 is 0. The van der Waals surface area contributed by atoms with Gasteiger partial charge in [0.05, 0.1) is 7.11 Å². The molecule has 5 heterocycles. The number of piperidine rings is 3. The van der Waals surface area contributed by atoms with Crippen LogP contribution in [0.1, 0.15) is 62.8 Å². The van der Waals surface area contributed by atoms with Gasteiger partial charge in [-0.05, 0) is 80.6 Å². The van der Waals surface area contributed by atoms with Crippen molar-refractivity contribution in [2.45, 2.75) is 57.4 Å². The number of benzene rings is 1. The summed E-state index contributed by atoms with van der Waals surface area (Å²) in [4.78, 5) is 29.3. The number of nitrogens with zero attached hydrogens (tertiary/aromatic N) is 4.